The normalized spacial score (nSPS) is 12.7. The minimum absolute atomic E-state index is 0.417. The molecule has 1 aromatic carbocycles. The Kier molecular flexibility index (Phi) is 3.72. The van der Waals surface area contributed by atoms with E-state index in [0.29, 0.717) is 5.02 Å². The van der Waals surface area contributed by atoms with Crippen LogP contribution in [0.4, 0.5) is 0 Å². The zero-order chi connectivity index (χ0) is 12.6. The molecule has 90 valence electrons. The molecule has 0 unspecified atom stereocenters. The number of hydrogen-bond acceptors (Lipinski definition) is 2. The molecular formula is C12H20ClNOSi. The fraction of sp³-hybridized carbons (Fsp3) is 0.500. The average Bonchev–Trinajstić information content (AvgIpc) is 1.97. The number of hydrogen-bond donors (Lipinski definition) is 1. The Balaban J connectivity index is 3.19. The third-order valence-corrected chi connectivity index (χ3v) is 3.12. The van der Waals surface area contributed by atoms with Gasteiger partial charge in [-0.05, 0) is 45.6 Å². The highest BCUT2D eigenvalue weighted by molar-refractivity contribution is 6.70. The summed E-state index contributed by atoms with van der Waals surface area (Å²) in [4.78, 5) is 0. The first-order chi connectivity index (χ1) is 7.09. The molecule has 0 atom stereocenters. The van der Waals surface area contributed by atoms with Crippen LogP contribution in [0.3, 0.4) is 0 Å². The Labute approximate surface area is 104 Å². The first-order valence-corrected chi connectivity index (χ1v) is 9.16. The second-order valence-corrected chi connectivity index (χ2v) is 10.4. The smallest absolute Gasteiger partial charge is 0.242 e. The average molecular weight is 258 g/mol. The highest BCUT2D eigenvalue weighted by Crippen LogP contribution is 2.32. The Morgan fingerprint density at radius 2 is 1.81 bits per heavy atom. The van der Waals surface area contributed by atoms with Crippen molar-refractivity contribution in [3.8, 4) is 5.75 Å². The molecule has 0 aliphatic heterocycles. The van der Waals surface area contributed by atoms with Gasteiger partial charge in [-0.15, -0.1) is 0 Å². The molecule has 0 heterocycles. The standard InChI is InChI=1S/C12H20ClNOSi/c1-12(2,14)10-7-6-9(13)8-11(10)15-16(3,4)5/h6-8H,14H2,1-5H3. The predicted octanol–water partition coefficient (Wildman–Crippen LogP) is 3.75. The Morgan fingerprint density at radius 3 is 2.25 bits per heavy atom. The topological polar surface area (TPSA) is 35.2 Å². The lowest BCUT2D eigenvalue weighted by atomic mass is 9.95. The molecule has 1 aromatic rings. The second-order valence-electron chi connectivity index (χ2n) is 5.58. The van der Waals surface area contributed by atoms with Crippen LogP contribution in [0.5, 0.6) is 5.75 Å². The van der Waals surface area contributed by atoms with Gasteiger partial charge >= 0.3 is 0 Å². The monoisotopic (exact) mass is 257 g/mol. The molecule has 0 aliphatic rings. The largest absolute Gasteiger partial charge is 0.544 e. The van der Waals surface area contributed by atoms with Crippen LogP contribution < -0.4 is 10.2 Å². The van der Waals surface area contributed by atoms with Gasteiger partial charge in [-0.3, -0.25) is 0 Å². The molecule has 0 amide bonds. The molecule has 0 aromatic heterocycles. The van der Waals surface area contributed by atoms with Crippen LogP contribution in [-0.2, 0) is 5.54 Å². The minimum Gasteiger partial charge on any atom is -0.544 e. The number of nitrogens with two attached hydrogens (primary N) is 1. The fourth-order valence-electron chi connectivity index (χ4n) is 1.44. The highest BCUT2D eigenvalue weighted by atomic mass is 35.5. The van der Waals surface area contributed by atoms with E-state index < -0.39 is 13.9 Å². The SMILES string of the molecule is CC(C)(N)c1ccc(Cl)cc1O[Si](C)(C)C. The van der Waals surface area contributed by atoms with Gasteiger partial charge in [0, 0.05) is 16.1 Å². The van der Waals surface area contributed by atoms with Crippen LogP contribution in [-0.4, -0.2) is 8.32 Å². The first-order valence-electron chi connectivity index (χ1n) is 5.37. The van der Waals surface area contributed by atoms with Crippen LogP contribution in [0.1, 0.15) is 19.4 Å². The molecular weight excluding hydrogens is 238 g/mol. The molecule has 0 radical (unpaired) electrons. The summed E-state index contributed by atoms with van der Waals surface area (Å²) in [5.74, 6) is 0.819. The van der Waals surface area contributed by atoms with Crippen LogP contribution in [0, 0.1) is 0 Å². The summed E-state index contributed by atoms with van der Waals surface area (Å²) >= 11 is 5.99. The van der Waals surface area contributed by atoms with Crippen molar-refractivity contribution in [2.24, 2.45) is 5.73 Å². The lowest BCUT2D eigenvalue weighted by Gasteiger charge is -2.27. The van der Waals surface area contributed by atoms with Gasteiger partial charge in [-0.2, -0.15) is 0 Å². The lowest BCUT2D eigenvalue weighted by molar-refractivity contribution is 0.494. The van der Waals surface area contributed by atoms with E-state index in [1.54, 1.807) is 0 Å². The molecule has 16 heavy (non-hydrogen) atoms. The fourth-order valence-corrected chi connectivity index (χ4v) is 2.43. The van der Waals surface area contributed by atoms with E-state index in [1.807, 2.05) is 32.0 Å². The van der Waals surface area contributed by atoms with E-state index in [-0.39, 0.29) is 0 Å². The summed E-state index contributed by atoms with van der Waals surface area (Å²) < 4.78 is 6.01. The van der Waals surface area contributed by atoms with E-state index in [1.165, 1.54) is 0 Å². The molecule has 1 rings (SSSR count). The van der Waals surface area contributed by atoms with E-state index in [9.17, 15) is 0 Å². The molecule has 0 fully saturated rings. The van der Waals surface area contributed by atoms with Gasteiger partial charge in [0.05, 0.1) is 0 Å². The lowest BCUT2D eigenvalue weighted by Crippen LogP contribution is -2.34. The van der Waals surface area contributed by atoms with Crippen LogP contribution in [0.25, 0.3) is 0 Å². The van der Waals surface area contributed by atoms with Crippen molar-refractivity contribution >= 4 is 19.9 Å². The summed E-state index contributed by atoms with van der Waals surface area (Å²) in [6.07, 6.45) is 0. The first kappa shape index (κ1) is 13.6. The van der Waals surface area contributed by atoms with E-state index in [0.717, 1.165) is 11.3 Å². The van der Waals surface area contributed by atoms with Gasteiger partial charge in [-0.25, -0.2) is 0 Å². The molecule has 2 nitrogen and oxygen atoms in total. The number of rotatable bonds is 3. The van der Waals surface area contributed by atoms with Gasteiger partial charge in [0.15, 0.2) is 0 Å². The van der Waals surface area contributed by atoms with Crippen LogP contribution in [0.2, 0.25) is 24.7 Å². The van der Waals surface area contributed by atoms with Gasteiger partial charge in [0.1, 0.15) is 5.75 Å². The quantitative estimate of drug-likeness (QED) is 0.837. The van der Waals surface area contributed by atoms with Gasteiger partial charge in [0.25, 0.3) is 0 Å². The Bertz CT molecular complexity index is 380. The Morgan fingerprint density at radius 1 is 1.25 bits per heavy atom. The molecule has 4 heteroatoms. The maximum Gasteiger partial charge on any atom is 0.242 e. The third-order valence-electron chi connectivity index (χ3n) is 2.05. The molecule has 0 bridgehead atoms. The summed E-state index contributed by atoms with van der Waals surface area (Å²) in [5, 5.41) is 0.682. The van der Waals surface area contributed by atoms with Gasteiger partial charge < -0.3 is 10.2 Å². The van der Waals surface area contributed by atoms with Crippen molar-refractivity contribution in [1.29, 1.82) is 0 Å². The Hall–Kier alpha value is -0.513. The van der Waals surface area contributed by atoms with Crippen molar-refractivity contribution in [2.45, 2.75) is 39.0 Å². The highest BCUT2D eigenvalue weighted by Gasteiger charge is 2.24. The minimum atomic E-state index is -1.65. The van der Waals surface area contributed by atoms with Crippen molar-refractivity contribution in [2.75, 3.05) is 0 Å². The zero-order valence-corrected chi connectivity index (χ0v) is 12.4. The van der Waals surface area contributed by atoms with E-state index in [4.69, 9.17) is 21.8 Å². The second kappa shape index (κ2) is 4.39. The van der Waals surface area contributed by atoms with Crippen molar-refractivity contribution < 1.29 is 4.43 Å². The third kappa shape index (κ3) is 3.81. The van der Waals surface area contributed by atoms with E-state index >= 15 is 0 Å². The maximum atomic E-state index is 6.12. The number of benzene rings is 1. The summed E-state index contributed by atoms with van der Waals surface area (Å²) in [6, 6.07) is 5.64. The van der Waals surface area contributed by atoms with Crippen molar-refractivity contribution in [3.05, 3.63) is 28.8 Å². The molecule has 0 spiro atoms. The molecule has 0 saturated heterocycles. The zero-order valence-electron chi connectivity index (χ0n) is 10.6. The number of halogens is 1. The van der Waals surface area contributed by atoms with Crippen LogP contribution >= 0.6 is 11.6 Å². The van der Waals surface area contributed by atoms with Crippen molar-refractivity contribution in [3.63, 3.8) is 0 Å². The van der Waals surface area contributed by atoms with E-state index in [2.05, 4.69) is 19.6 Å². The van der Waals surface area contributed by atoms with Gasteiger partial charge in [0.2, 0.25) is 8.32 Å². The molecule has 0 saturated carbocycles. The summed E-state index contributed by atoms with van der Waals surface area (Å²) in [5.41, 5.74) is 6.70. The molecule has 0 aliphatic carbocycles. The predicted molar refractivity (Wildman–Crippen MR) is 72.6 cm³/mol. The van der Waals surface area contributed by atoms with Crippen molar-refractivity contribution in [1.82, 2.24) is 0 Å². The molecule has 2 N–H and O–H groups in total. The maximum absolute atomic E-state index is 6.12. The van der Waals surface area contributed by atoms with Crippen LogP contribution in [0.15, 0.2) is 18.2 Å². The van der Waals surface area contributed by atoms with Gasteiger partial charge in [-0.1, -0.05) is 17.7 Å². The summed E-state index contributed by atoms with van der Waals surface area (Å²) in [7, 11) is -1.65. The summed E-state index contributed by atoms with van der Waals surface area (Å²) in [6.45, 7) is 10.4.